The van der Waals surface area contributed by atoms with Crippen LogP contribution < -0.4 is 14.8 Å². The van der Waals surface area contributed by atoms with Crippen molar-refractivity contribution < 1.29 is 14.3 Å². The highest BCUT2D eigenvalue weighted by Crippen LogP contribution is 2.19. The van der Waals surface area contributed by atoms with Gasteiger partial charge in [-0.25, -0.2) is 4.98 Å². The number of benzene rings is 2. The molecule has 28 heavy (non-hydrogen) atoms. The van der Waals surface area contributed by atoms with Crippen LogP contribution in [0.4, 0.5) is 0 Å². The van der Waals surface area contributed by atoms with Gasteiger partial charge in [-0.3, -0.25) is 4.79 Å². The molecule has 0 saturated carbocycles. The Bertz CT molecular complexity index is 916. The quantitative estimate of drug-likeness (QED) is 0.617. The molecule has 0 atom stereocenters. The second kappa shape index (κ2) is 9.26. The lowest BCUT2D eigenvalue weighted by atomic mass is 10.2. The Morgan fingerprint density at radius 3 is 2.54 bits per heavy atom. The van der Waals surface area contributed by atoms with Crippen molar-refractivity contribution in [2.24, 2.45) is 5.92 Å². The summed E-state index contributed by atoms with van der Waals surface area (Å²) in [6, 6.07) is 15.6. The summed E-state index contributed by atoms with van der Waals surface area (Å²) in [7, 11) is 1.64. The Labute approximate surface area is 165 Å². The van der Waals surface area contributed by atoms with Crippen molar-refractivity contribution in [2.45, 2.75) is 26.8 Å². The Hall–Kier alpha value is -3.02. The average Bonchev–Trinajstić information content (AvgIpc) is 3.06. The molecule has 1 aromatic heterocycles. The van der Waals surface area contributed by atoms with Crippen molar-refractivity contribution in [3.8, 4) is 11.5 Å². The Balaban J connectivity index is 1.66. The number of ether oxygens (including phenoxy) is 2. The van der Waals surface area contributed by atoms with E-state index < -0.39 is 0 Å². The van der Waals surface area contributed by atoms with Crippen LogP contribution in [-0.2, 0) is 17.8 Å². The van der Waals surface area contributed by atoms with E-state index in [4.69, 9.17) is 14.5 Å². The van der Waals surface area contributed by atoms with Gasteiger partial charge in [0.15, 0.2) is 0 Å². The molecule has 0 unspecified atom stereocenters. The number of methoxy groups -OCH3 is 1. The van der Waals surface area contributed by atoms with Gasteiger partial charge in [0.2, 0.25) is 5.91 Å². The van der Waals surface area contributed by atoms with Crippen LogP contribution in [0, 0.1) is 5.92 Å². The minimum atomic E-state index is -0.0169. The van der Waals surface area contributed by atoms with E-state index >= 15 is 0 Å². The first kappa shape index (κ1) is 19.7. The Kier molecular flexibility index (Phi) is 6.53. The monoisotopic (exact) mass is 381 g/mol. The lowest BCUT2D eigenvalue weighted by Crippen LogP contribution is -2.30. The van der Waals surface area contributed by atoms with Gasteiger partial charge in [-0.2, -0.15) is 0 Å². The van der Waals surface area contributed by atoms with Crippen molar-refractivity contribution in [1.29, 1.82) is 0 Å². The number of fused-ring (bicyclic) bond motifs is 1. The van der Waals surface area contributed by atoms with Gasteiger partial charge in [-0.1, -0.05) is 26.0 Å². The van der Waals surface area contributed by atoms with E-state index in [9.17, 15) is 4.79 Å². The number of rotatable bonds is 9. The minimum Gasteiger partial charge on any atom is -0.497 e. The van der Waals surface area contributed by atoms with Crippen molar-refractivity contribution in [1.82, 2.24) is 14.9 Å². The maximum Gasteiger partial charge on any atom is 0.222 e. The molecular weight excluding hydrogens is 354 g/mol. The summed E-state index contributed by atoms with van der Waals surface area (Å²) >= 11 is 0. The zero-order valence-corrected chi connectivity index (χ0v) is 16.6. The van der Waals surface area contributed by atoms with Crippen molar-refractivity contribution in [3.05, 3.63) is 54.4 Å². The zero-order valence-electron chi connectivity index (χ0n) is 16.6. The van der Waals surface area contributed by atoms with Crippen molar-refractivity contribution in [2.75, 3.05) is 20.3 Å². The van der Waals surface area contributed by atoms with Crippen molar-refractivity contribution >= 4 is 16.9 Å². The molecule has 0 bridgehead atoms. The molecule has 148 valence electrons. The molecule has 3 aromatic rings. The molecule has 6 nitrogen and oxygen atoms in total. The summed E-state index contributed by atoms with van der Waals surface area (Å²) in [5.41, 5.74) is 2.03. The van der Waals surface area contributed by atoms with Gasteiger partial charge >= 0.3 is 0 Å². The lowest BCUT2D eigenvalue weighted by Gasteiger charge is -2.12. The first-order valence-electron chi connectivity index (χ1n) is 9.57. The maximum absolute atomic E-state index is 11.8. The van der Waals surface area contributed by atoms with E-state index in [0.29, 0.717) is 26.1 Å². The predicted molar refractivity (Wildman–Crippen MR) is 110 cm³/mol. The molecule has 0 aliphatic rings. The number of para-hydroxylation sites is 2. The van der Waals surface area contributed by atoms with Crippen LogP contribution in [0.2, 0.25) is 0 Å². The van der Waals surface area contributed by atoms with Crippen LogP contribution in [0.1, 0.15) is 19.7 Å². The largest absolute Gasteiger partial charge is 0.497 e. The summed E-state index contributed by atoms with van der Waals surface area (Å²) in [5.74, 6) is 2.60. The van der Waals surface area contributed by atoms with E-state index in [0.717, 1.165) is 28.4 Å². The molecular formula is C22H27N3O3. The standard InChI is InChI=1S/C22H27N3O3/c1-16(2)22(26)23-13-12-21-24-19-6-4-5-7-20(19)25(21)14-15-28-18-10-8-17(27-3)9-11-18/h4-11,16H,12-15H2,1-3H3,(H,23,26). The zero-order chi connectivity index (χ0) is 19.9. The third kappa shape index (κ3) is 4.82. The van der Waals surface area contributed by atoms with Gasteiger partial charge in [0.25, 0.3) is 0 Å². The normalized spacial score (nSPS) is 11.0. The number of nitrogens with one attached hydrogen (secondary N) is 1. The number of aromatic nitrogens is 2. The summed E-state index contributed by atoms with van der Waals surface area (Å²) in [5, 5.41) is 2.96. The number of hydrogen-bond donors (Lipinski definition) is 1. The van der Waals surface area contributed by atoms with Crippen LogP contribution in [0.25, 0.3) is 11.0 Å². The molecule has 6 heteroatoms. The highest BCUT2D eigenvalue weighted by atomic mass is 16.5. The SMILES string of the molecule is COc1ccc(OCCn2c(CCNC(=O)C(C)C)nc3ccccc32)cc1. The summed E-state index contributed by atoms with van der Waals surface area (Å²) in [4.78, 5) is 16.5. The van der Waals surface area contributed by atoms with Crippen LogP contribution in [-0.4, -0.2) is 35.7 Å². The molecule has 0 fully saturated rings. The molecule has 0 radical (unpaired) electrons. The minimum absolute atomic E-state index is 0.0169. The van der Waals surface area contributed by atoms with Crippen LogP contribution >= 0.6 is 0 Å². The third-order valence-corrected chi connectivity index (χ3v) is 4.55. The maximum atomic E-state index is 11.8. The fourth-order valence-electron chi connectivity index (χ4n) is 2.99. The smallest absolute Gasteiger partial charge is 0.222 e. The van der Waals surface area contributed by atoms with E-state index in [-0.39, 0.29) is 11.8 Å². The molecule has 2 aromatic carbocycles. The molecule has 1 heterocycles. The van der Waals surface area contributed by atoms with Gasteiger partial charge in [0, 0.05) is 18.9 Å². The Morgan fingerprint density at radius 2 is 1.82 bits per heavy atom. The fraction of sp³-hybridized carbons (Fsp3) is 0.364. The molecule has 1 amide bonds. The van der Waals surface area contributed by atoms with Crippen LogP contribution in [0.3, 0.4) is 0 Å². The van der Waals surface area contributed by atoms with E-state index in [1.165, 1.54) is 0 Å². The molecule has 0 saturated heterocycles. The topological polar surface area (TPSA) is 65.4 Å². The molecule has 3 rings (SSSR count). The first-order chi connectivity index (χ1) is 13.6. The number of amides is 1. The first-order valence-corrected chi connectivity index (χ1v) is 9.57. The highest BCUT2D eigenvalue weighted by Gasteiger charge is 2.12. The van der Waals surface area contributed by atoms with Crippen LogP contribution in [0.15, 0.2) is 48.5 Å². The van der Waals surface area contributed by atoms with Gasteiger partial charge in [0.1, 0.15) is 23.9 Å². The predicted octanol–water partition coefficient (Wildman–Crippen LogP) is 3.44. The molecule has 0 aliphatic heterocycles. The van der Waals surface area contributed by atoms with E-state index in [1.807, 2.05) is 56.3 Å². The van der Waals surface area contributed by atoms with E-state index in [2.05, 4.69) is 16.0 Å². The fourth-order valence-corrected chi connectivity index (χ4v) is 2.99. The molecule has 0 spiro atoms. The number of hydrogen-bond acceptors (Lipinski definition) is 4. The number of carbonyl (C=O) groups is 1. The van der Waals surface area contributed by atoms with Crippen LogP contribution in [0.5, 0.6) is 11.5 Å². The van der Waals surface area contributed by atoms with Gasteiger partial charge < -0.3 is 19.4 Å². The lowest BCUT2D eigenvalue weighted by molar-refractivity contribution is -0.123. The Morgan fingerprint density at radius 1 is 1.11 bits per heavy atom. The second-order valence-corrected chi connectivity index (χ2v) is 6.89. The number of nitrogens with zero attached hydrogens (tertiary/aromatic N) is 2. The van der Waals surface area contributed by atoms with E-state index in [1.54, 1.807) is 7.11 Å². The van der Waals surface area contributed by atoms with Crippen molar-refractivity contribution in [3.63, 3.8) is 0 Å². The van der Waals surface area contributed by atoms with Gasteiger partial charge in [0.05, 0.1) is 24.7 Å². The average molecular weight is 381 g/mol. The van der Waals surface area contributed by atoms with Gasteiger partial charge in [-0.05, 0) is 36.4 Å². The third-order valence-electron chi connectivity index (χ3n) is 4.55. The molecule has 1 N–H and O–H groups in total. The number of imidazole rings is 1. The summed E-state index contributed by atoms with van der Waals surface area (Å²) < 4.78 is 13.2. The number of carbonyl (C=O) groups excluding carboxylic acids is 1. The highest BCUT2D eigenvalue weighted by molar-refractivity contribution is 5.78. The molecule has 0 aliphatic carbocycles. The summed E-state index contributed by atoms with van der Waals surface area (Å²) in [6.45, 7) is 5.56. The second-order valence-electron chi connectivity index (χ2n) is 6.89. The van der Waals surface area contributed by atoms with Gasteiger partial charge in [-0.15, -0.1) is 0 Å². The summed E-state index contributed by atoms with van der Waals surface area (Å²) in [6.07, 6.45) is 0.676.